The summed E-state index contributed by atoms with van der Waals surface area (Å²) in [4.78, 5) is 39.9. The summed E-state index contributed by atoms with van der Waals surface area (Å²) in [6, 6.07) is 1.14. The molecule has 2 heterocycles. The first-order chi connectivity index (χ1) is 12.1. The lowest BCUT2D eigenvalue weighted by atomic mass is 9.92. The largest absolute Gasteiger partial charge is 0.355 e. The SMILES string of the molecule is CCNC(=O)[C@@H]1C[C@H](NC(=O)CC(C)(C)C)CN1C(=O)c1sccc1C. The van der Waals surface area contributed by atoms with Crippen LogP contribution in [0.1, 0.15) is 55.8 Å². The number of likely N-dealkylation sites (tertiary alicyclic amines) is 1. The van der Waals surface area contributed by atoms with Gasteiger partial charge in [0.05, 0.1) is 4.88 Å². The maximum Gasteiger partial charge on any atom is 0.264 e. The van der Waals surface area contributed by atoms with Gasteiger partial charge in [0.1, 0.15) is 6.04 Å². The van der Waals surface area contributed by atoms with Crippen LogP contribution in [-0.2, 0) is 9.59 Å². The molecule has 3 amide bonds. The zero-order chi connectivity index (χ0) is 19.5. The number of amides is 3. The van der Waals surface area contributed by atoms with E-state index in [9.17, 15) is 14.4 Å². The van der Waals surface area contributed by atoms with Gasteiger partial charge >= 0.3 is 0 Å². The average Bonchev–Trinajstić information content (AvgIpc) is 3.11. The van der Waals surface area contributed by atoms with Crippen molar-refractivity contribution in [2.24, 2.45) is 5.41 Å². The summed E-state index contributed by atoms with van der Waals surface area (Å²) in [6.45, 7) is 10.6. The number of hydrogen-bond acceptors (Lipinski definition) is 4. The highest BCUT2D eigenvalue weighted by atomic mass is 32.1. The Labute approximate surface area is 159 Å². The van der Waals surface area contributed by atoms with Gasteiger partial charge in [-0.05, 0) is 42.7 Å². The maximum atomic E-state index is 13.0. The van der Waals surface area contributed by atoms with Crippen molar-refractivity contribution in [3.63, 3.8) is 0 Å². The van der Waals surface area contributed by atoms with Crippen molar-refractivity contribution < 1.29 is 14.4 Å². The third-order valence-electron chi connectivity index (χ3n) is 4.33. The molecule has 26 heavy (non-hydrogen) atoms. The summed E-state index contributed by atoms with van der Waals surface area (Å²) in [5, 5.41) is 7.68. The monoisotopic (exact) mass is 379 g/mol. The fourth-order valence-electron chi connectivity index (χ4n) is 3.19. The van der Waals surface area contributed by atoms with Crippen LogP contribution in [-0.4, -0.2) is 47.8 Å². The molecule has 1 aliphatic heterocycles. The normalized spacial score (nSPS) is 20.1. The van der Waals surface area contributed by atoms with E-state index >= 15 is 0 Å². The Balaban J connectivity index is 2.14. The Hall–Kier alpha value is -1.89. The van der Waals surface area contributed by atoms with Gasteiger partial charge in [0.25, 0.3) is 5.91 Å². The number of carbonyl (C=O) groups is 3. The molecule has 1 aliphatic rings. The predicted octanol–water partition coefficient (Wildman–Crippen LogP) is 2.33. The van der Waals surface area contributed by atoms with E-state index < -0.39 is 6.04 Å². The minimum atomic E-state index is -0.552. The highest BCUT2D eigenvalue weighted by molar-refractivity contribution is 7.12. The fraction of sp³-hybridized carbons (Fsp3) is 0.632. The number of aryl methyl sites for hydroxylation is 1. The molecule has 0 radical (unpaired) electrons. The molecule has 0 bridgehead atoms. The van der Waals surface area contributed by atoms with Crippen LogP contribution in [0.15, 0.2) is 11.4 Å². The van der Waals surface area contributed by atoms with Gasteiger partial charge in [-0.3, -0.25) is 14.4 Å². The quantitative estimate of drug-likeness (QED) is 0.824. The first-order valence-corrected chi connectivity index (χ1v) is 9.92. The number of hydrogen-bond donors (Lipinski definition) is 2. The molecule has 0 aliphatic carbocycles. The summed E-state index contributed by atoms with van der Waals surface area (Å²) < 4.78 is 0. The van der Waals surface area contributed by atoms with E-state index in [0.717, 1.165) is 5.56 Å². The summed E-state index contributed by atoms with van der Waals surface area (Å²) in [7, 11) is 0. The Kier molecular flexibility index (Phi) is 6.44. The number of carbonyl (C=O) groups excluding carboxylic acids is 3. The van der Waals surface area contributed by atoms with Crippen LogP contribution in [0.4, 0.5) is 0 Å². The zero-order valence-corrected chi connectivity index (χ0v) is 17.0. The van der Waals surface area contributed by atoms with Crippen molar-refractivity contribution in [2.75, 3.05) is 13.1 Å². The molecule has 2 N–H and O–H groups in total. The van der Waals surface area contributed by atoms with Crippen LogP contribution in [0.3, 0.4) is 0 Å². The smallest absolute Gasteiger partial charge is 0.264 e. The minimum Gasteiger partial charge on any atom is -0.355 e. The van der Waals surface area contributed by atoms with Crippen molar-refractivity contribution in [1.29, 1.82) is 0 Å². The minimum absolute atomic E-state index is 0.0428. The van der Waals surface area contributed by atoms with Gasteiger partial charge in [-0.25, -0.2) is 0 Å². The van der Waals surface area contributed by atoms with E-state index in [4.69, 9.17) is 0 Å². The number of likely N-dealkylation sites (N-methyl/N-ethyl adjacent to an activating group) is 1. The molecule has 1 saturated heterocycles. The molecule has 2 atom stereocenters. The van der Waals surface area contributed by atoms with E-state index in [0.29, 0.717) is 30.8 Å². The number of nitrogens with zero attached hydrogens (tertiary/aromatic N) is 1. The van der Waals surface area contributed by atoms with Gasteiger partial charge in [0, 0.05) is 25.6 Å². The summed E-state index contributed by atoms with van der Waals surface area (Å²) >= 11 is 1.38. The van der Waals surface area contributed by atoms with E-state index in [2.05, 4.69) is 10.6 Å². The molecule has 2 rings (SSSR count). The Morgan fingerprint density at radius 3 is 2.54 bits per heavy atom. The maximum absolute atomic E-state index is 13.0. The Morgan fingerprint density at radius 1 is 1.31 bits per heavy atom. The average molecular weight is 380 g/mol. The molecule has 7 heteroatoms. The van der Waals surface area contributed by atoms with Crippen LogP contribution in [0.25, 0.3) is 0 Å². The summed E-state index contributed by atoms with van der Waals surface area (Å²) in [5.74, 6) is -0.345. The van der Waals surface area contributed by atoms with Crippen LogP contribution < -0.4 is 10.6 Å². The molecule has 144 valence electrons. The summed E-state index contributed by atoms with van der Waals surface area (Å²) in [6.07, 6.45) is 0.852. The second kappa shape index (κ2) is 8.20. The van der Waals surface area contributed by atoms with Gasteiger partial charge in [0.2, 0.25) is 11.8 Å². The van der Waals surface area contributed by atoms with Crippen molar-refractivity contribution in [3.8, 4) is 0 Å². The first kappa shape index (κ1) is 20.4. The second-order valence-electron chi connectivity index (χ2n) is 8.04. The van der Waals surface area contributed by atoms with Gasteiger partial charge in [-0.2, -0.15) is 0 Å². The van der Waals surface area contributed by atoms with Crippen LogP contribution in [0, 0.1) is 12.3 Å². The highest BCUT2D eigenvalue weighted by Gasteiger charge is 2.41. The van der Waals surface area contributed by atoms with E-state index in [1.165, 1.54) is 11.3 Å². The third kappa shape index (κ3) is 5.06. The Morgan fingerprint density at radius 2 is 2.00 bits per heavy atom. The topological polar surface area (TPSA) is 78.5 Å². The lowest BCUT2D eigenvalue weighted by molar-refractivity contribution is -0.125. The molecule has 6 nitrogen and oxygen atoms in total. The zero-order valence-electron chi connectivity index (χ0n) is 16.2. The van der Waals surface area contributed by atoms with Gasteiger partial charge in [0.15, 0.2) is 0 Å². The molecular formula is C19H29N3O3S. The molecule has 1 aromatic rings. The van der Waals surface area contributed by atoms with Crippen molar-refractivity contribution in [2.45, 2.75) is 59.5 Å². The second-order valence-corrected chi connectivity index (χ2v) is 8.95. The number of thiophene rings is 1. The molecule has 0 spiro atoms. The first-order valence-electron chi connectivity index (χ1n) is 9.04. The fourth-order valence-corrected chi connectivity index (χ4v) is 4.07. The van der Waals surface area contributed by atoms with Gasteiger partial charge in [-0.1, -0.05) is 20.8 Å². The van der Waals surface area contributed by atoms with E-state index in [-0.39, 0.29) is 29.2 Å². The van der Waals surface area contributed by atoms with Crippen molar-refractivity contribution in [3.05, 3.63) is 21.9 Å². The van der Waals surface area contributed by atoms with Crippen molar-refractivity contribution in [1.82, 2.24) is 15.5 Å². The van der Waals surface area contributed by atoms with E-state index in [1.54, 1.807) is 4.90 Å². The van der Waals surface area contributed by atoms with Gasteiger partial charge in [-0.15, -0.1) is 11.3 Å². The third-order valence-corrected chi connectivity index (χ3v) is 5.33. The summed E-state index contributed by atoms with van der Waals surface area (Å²) in [5.41, 5.74) is 0.806. The number of nitrogens with one attached hydrogen (secondary N) is 2. The highest BCUT2D eigenvalue weighted by Crippen LogP contribution is 2.26. The lowest BCUT2D eigenvalue weighted by Crippen LogP contribution is -2.46. The van der Waals surface area contributed by atoms with Gasteiger partial charge < -0.3 is 15.5 Å². The molecule has 0 saturated carbocycles. The van der Waals surface area contributed by atoms with Crippen LogP contribution in [0.2, 0.25) is 0 Å². The molecule has 1 aromatic heterocycles. The lowest BCUT2D eigenvalue weighted by Gasteiger charge is -2.23. The van der Waals surface area contributed by atoms with E-state index in [1.807, 2.05) is 46.1 Å². The standard InChI is InChI=1S/C19H29N3O3S/c1-6-20-17(24)14-9-13(21-15(23)10-19(3,4)5)11-22(14)18(25)16-12(2)7-8-26-16/h7-8,13-14H,6,9-11H2,1-5H3,(H,20,24)(H,21,23)/t13-,14-/m0/s1. The van der Waals surface area contributed by atoms with Crippen LogP contribution >= 0.6 is 11.3 Å². The molecule has 0 unspecified atom stereocenters. The number of rotatable bonds is 5. The molecular weight excluding hydrogens is 350 g/mol. The Bertz CT molecular complexity index is 678. The van der Waals surface area contributed by atoms with Crippen molar-refractivity contribution >= 4 is 29.1 Å². The molecule has 1 fully saturated rings. The predicted molar refractivity (Wildman–Crippen MR) is 103 cm³/mol. The van der Waals surface area contributed by atoms with Crippen LogP contribution in [0.5, 0.6) is 0 Å². The molecule has 0 aromatic carbocycles.